The van der Waals surface area contributed by atoms with Crippen LogP contribution in [0.2, 0.25) is 0 Å². The number of benzene rings is 9. The molecule has 12 nitrogen and oxygen atoms in total. The number of esters is 6. The lowest BCUT2D eigenvalue weighted by Crippen LogP contribution is -2.14. The topological polar surface area (TPSA) is 158 Å². The van der Waals surface area contributed by atoms with Gasteiger partial charge in [-0.1, -0.05) is 127 Å². The Kier molecular flexibility index (Phi) is 23.7. The van der Waals surface area contributed by atoms with E-state index in [1.165, 1.54) is 144 Å². The first-order valence-corrected chi connectivity index (χ1v) is 36.9. The van der Waals surface area contributed by atoms with Crippen molar-refractivity contribution in [3.63, 3.8) is 0 Å². The standard InChI is InChI=1S/3C30H30O4/c31-29(33-19-21-13-15-23-7-1-3-9-25(23)17-21)27-11-5-6-12-28(27)30(32)34-20-22-14-16-24-8-2-4-10-26(24)18-22;31-29(33-19-21-12-14-23-6-1-3-8-25(23)16-21)27-10-5-11-28(18-27)30(32)34-20-22-13-15-24-7-2-4-9-26(24)17-22;31-29(33-19-21-9-11-23-5-1-3-7-27(23)17-21)25-13-15-26(16-14-25)30(32)34-20-22-10-12-24-6-2-4-8-28(24)18-22/h5-6,11-18H,1-4,7-10,19-20H2;5,10-18H,1-4,6-9,19-20H2;9-18H,1-8,19-20H2. The molecule has 0 atom stereocenters. The van der Waals surface area contributed by atoms with E-state index in [9.17, 15) is 28.8 Å². The molecule has 0 spiro atoms. The second kappa shape index (κ2) is 34.4. The van der Waals surface area contributed by atoms with Crippen LogP contribution in [0.4, 0.5) is 0 Å². The summed E-state index contributed by atoms with van der Waals surface area (Å²) in [5.41, 5.74) is 24.6. The maximum atomic E-state index is 12.8. The Hall–Kier alpha value is -10.2. The van der Waals surface area contributed by atoms with Crippen molar-refractivity contribution in [1.29, 1.82) is 0 Å². The first-order valence-electron chi connectivity index (χ1n) is 36.9. The predicted molar refractivity (Wildman–Crippen MR) is 393 cm³/mol. The minimum absolute atomic E-state index is 0.185. The molecule has 6 aliphatic carbocycles. The molecule has 0 aromatic heterocycles. The number of rotatable bonds is 18. The molecule has 0 aliphatic heterocycles. The molecular weight excluding hydrogens is 1270 g/mol. The molecule has 6 aliphatic rings. The fourth-order valence-electron chi connectivity index (χ4n) is 15.0. The van der Waals surface area contributed by atoms with Crippen LogP contribution < -0.4 is 0 Å². The van der Waals surface area contributed by atoms with Crippen LogP contribution in [0.3, 0.4) is 0 Å². The van der Waals surface area contributed by atoms with Crippen LogP contribution in [0.25, 0.3) is 0 Å². The highest BCUT2D eigenvalue weighted by Crippen LogP contribution is 2.30. The Morgan fingerprint density at radius 2 is 0.402 bits per heavy atom. The third-order valence-electron chi connectivity index (χ3n) is 20.8. The molecule has 12 heteroatoms. The van der Waals surface area contributed by atoms with Crippen molar-refractivity contribution in [3.05, 3.63) is 316 Å². The van der Waals surface area contributed by atoms with Crippen molar-refractivity contribution < 1.29 is 57.2 Å². The summed E-state index contributed by atoms with van der Waals surface area (Å²) in [6, 6.07) is 57.7. The summed E-state index contributed by atoms with van der Waals surface area (Å²) in [5, 5.41) is 0. The van der Waals surface area contributed by atoms with E-state index >= 15 is 0 Å². The zero-order valence-electron chi connectivity index (χ0n) is 58.4. The lowest BCUT2D eigenvalue weighted by molar-refractivity contribution is 0.0425. The van der Waals surface area contributed by atoms with Crippen molar-refractivity contribution in [2.75, 3.05) is 0 Å². The monoisotopic (exact) mass is 1360 g/mol. The van der Waals surface area contributed by atoms with Gasteiger partial charge in [0.15, 0.2) is 0 Å². The average molecular weight is 1360 g/mol. The van der Waals surface area contributed by atoms with E-state index in [0.717, 1.165) is 110 Å². The van der Waals surface area contributed by atoms with Crippen molar-refractivity contribution in [1.82, 2.24) is 0 Å². The smallest absolute Gasteiger partial charge is 0.339 e. The van der Waals surface area contributed by atoms with Gasteiger partial charge in [0.2, 0.25) is 0 Å². The van der Waals surface area contributed by atoms with E-state index in [0.29, 0.717) is 22.3 Å². The third kappa shape index (κ3) is 18.7. The zero-order chi connectivity index (χ0) is 70.0. The highest BCUT2D eigenvalue weighted by Gasteiger charge is 2.23. The van der Waals surface area contributed by atoms with Crippen LogP contribution in [0.1, 0.15) is 239 Å². The van der Waals surface area contributed by atoms with Gasteiger partial charge in [0, 0.05) is 0 Å². The van der Waals surface area contributed by atoms with Gasteiger partial charge in [-0.2, -0.15) is 0 Å². The van der Waals surface area contributed by atoms with Gasteiger partial charge in [0.05, 0.1) is 33.4 Å². The highest BCUT2D eigenvalue weighted by molar-refractivity contribution is 6.03. The number of ether oxygens (including phenoxy) is 6. The maximum absolute atomic E-state index is 12.8. The van der Waals surface area contributed by atoms with Gasteiger partial charge in [-0.15, -0.1) is 0 Å². The van der Waals surface area contributed by atoms with Crippen molar-refractivity contribution in [2.24, 2.45) is 0 Å². The van der Waals surface area contributed by atoms with E-state index in [1.807, 2.05) is 36.4 Å². The van der Waals surface area contributed by atoms with E-state index in [2.05, 4.69) is 72.8 Å². The minimum Gasteiger partial charge on any atom is -0.457 e. The molecule has 0 radical (unpaired) electrons. The number of fused-ring (bicyclic) bond motifs is 6. The molecule has 0 bridgehead atoms. The Morgan fingerprint density at radius 1 is 0.196 bits per heavy atom. The predicted octanol–water partition coefficient (Wildman–Crippen LogP) is 18.5. The normalized spacial score (nSPS) is 14.6. The number of hydrogen-bond acceptors (Lipinski definition) is 12. The average Bonchev–Trinajstić information content (AvgIpc) is 0.852. The van der Waals surface area contributed by atoms with Crippen molar-refractivity contribution in [3.8, 4) is 0 Å². The van der Waals surface area contributed by atoms with Crippen LogP contribution in [0, 0.1) is 0 Å². The molecule has 0 N–H and O–H groups in total. The SMILES string of the molecule is O=C(OCc1ccc2c(c1)CCCC2)c1ccc(C(=O)OCc2ccc3c(c2)CCCC3)cc1.O=C(OCc1ccc2c(c1)CCCC2)c1cccc(C(=O)OCc2ccc3c(c2)CCCC3)c1.O=C(OCc1ccc2c(c1)CCCC2)c1ccccc1C(=O)OCc1ccc2c(c1)CCCC2. The molecular formula is C90H90O12. The molecule has 0 saturated heterocycles. The second-order valence-corrected chi connectivity index (χ2v) is 28.0. The van der Waals surface area contributed by atoms with Gasteiger partial charge >= 0.3 is 35.8 Å². The van der Waals surface area contributed by atoms with Gasteiger partial charge in [0.1, 0.15) is 39.6 Å². The van der Waals surface area contributed by atoms with E-state index in [4.69, 9.17) is 28.4 Å². The van der Waals surface area contributed by atoms with Gasteiger partial charge in [-0.25, -0.2) is 28.8 Å². The van der Waals surface area contributed by atoms with Gasteiger partial charge in [0.25, 0.3) is 0 Å². The first kappa shape index (κ1) is 70.2. The fraction of sp³-hybridized carbons (Fsp3) is 0.333. The number of aryl methyl sites for hydroxylation is 12. The minimum atomic E-state index is -0.515. The molecule has 9 aromatic carbocycles. The van der Waals surface area contributed by atoms with Crippen LogP contribution in [-0.4, -0.2) is 35.8 Å². The quantitative estimate of drug-likeness (QED) is 0.0592. The molecule has 0 fully saturated rings. The third-order valence-corrected chi connectivity index (χ3v) is 20.8. The molecule has 0 saturated carbocycles. The molecule has 0 amide bonds. The molecule has 0 heterocycles. The Balaban J connectivity index is 0.000000137. The lowest BCUT2D eigenvalue weighted by Gasteiger charge is -2.17. The van der Waals surface area contributed by atoms with Crippen LogP contribution in [-0.2, 0) is 145 Å². The second-order valence-electron chi connectivity index (χ2n) is 28.0. The van der Waals surface area contributed by atoms with Crippen LogP contribution in [0.15, 0.2) is 182 Å². The Labute approximate surface area is 599 Å². The summed E-state index contributed by atoms with van der Waals surface area (Å²) in [5.74, 6) is -2.71. The Bertz CT molecular complexity index is 4240. The van der Waals surface area contributed by atoms with Gasteiger partial charge in [-0.3, -0.25) is 0 Å². The summed E-state index contributed by atoms with van der Waals surface area (Å²) in [4.78, 5) is 75.9. The first-order chi connectivity index (χ1) is 50.0. The highest BCUT2D eigenvalue weighted by atomic mass is 16.6. The molecule has 522 valence electrons. The fourth-order valence-corrected chi connectivity index (χ4v) is 15.0. The summed E-state index contributed by atoms with van der Waals surface area (Å²) in [7, 11) is 0. The summed E-state index contributed by atoms with van der Waals surface area (Å²) in [6.45, 7) is 1.31. The molecule has 9 aromatic rings. The summed E-state index contributed by atoms with van der Waals surface area (Å²) in [6.07, 6.45) is 28.0. The number of carbonyl (C=O) groups is 6. The van der Waals surface area contributed by atoms with Crippen LogP contribution >= 0.6 is 0 Å². The zero-order valence-corrected chi connectivity index (χ0v) is 58.4. The molecule has 0 unspecified atom stereocenters. The number of carbonyl (C=O) groups excluding carboxylic acids is 6. The van der Waals surface area contributed by atoms with E-state index < -0.39 is 35.8 Å². The molecule has 15 rings (SSSR count). The lowest BCUT2D eigenvalue weighted by atomic mass is 9.90. The molecule has 102 heavy (non-hydrogen) atoms. The number of hydrogen-bond donors (Lipinski definition) is 0. The van der Waals surface area contributed by atoms with E-state index in [-0.39, 0.29) is 50.8 Å². The van der Waals surface area contributed by atoms with Gasteiger partial charge < -0.3 is 28.4 Å². The van der Waals surface area contributed by atoms with Crippen molar-refractivity contribution >= 4 is 35.8 Å². The summed E-state index contributed by atoms with van der Waals surface area (Å²) < 4.78 is 33.2. The maximum Gasteiger partial charge on any atom is 0.339 e. The summed E-state index contributed by atoms with van der Waals surface area (Å²) >= 11 is 0. The Morgan fingerprint density at radius 3 is 0.637 bits per heavy atom. The van der Waals surface area contributed by atoms with Crippen molar-refractivity contribution in [2.45, 2.75) is 194 Å². The van der Waals surface area contributed by atoms with E-state index in [1.54, 1.807) is 72.8 Å². The van der Waals surface area contributed by atoms with Crippen LogP contribution in [0.5, 0.6) is 0 Å². The largest absolute Gasteiger partial charge is 0.457 e. The van der Waals surface area contributed by atoms with Gasteiger partial charge in [-0.05, 0) is 309 Å².